The summed E-state index contributed by atoms with van der Waals surface area (Å²) in [5.41, 5.74) is 3.09. The molecule has 6 heteroatoms. The molecule has 2 aliphatic heterocycles. The molecule has 2 aliphatic rings. The van der Waals surface area contributed by atoms with Crippen LogP contribution in [-0.4, -0.2) is 52.4 Å². The van der Waals surface area contributed by atoms with Crippen LogP contribution in [0.25, 0.3) is 0 Å². The van der Waals surface area contributed by atoms with Gasteiger partial charge in [0.2, 0.25) is 5.91 Å². The normalized spacial score (nSPS) is 19.8. The van der Waals surface area contributed by atoms with Gasteiger partial charge >= 0.3 is 0 Å². The minimum Gasteiger partial charge on any atom is -0.379 e. The van der Waals surface area contributed by atoms with Crippen LogP contribution in [0, 0.1) is 5.82 Å². The summed E-state index contributed by atoms with van der Waals surface area (Å²) in [6, 6.07) is 11.6. The van der Waals surface area contributed by atoms with E-state index in [-0.39, 0.29) is 17.3 Å². The molecule has 4 rings (SSSR count). The van der Waals surface area contributed by atoms with Gasteiger partial charge in [-0.05, 0) is 49.9 Å². The first-order valence-electron chi connectivity index (χ1n) is 10.5. The van der Waals surface area contributed by atoms with Crippen LogP contribution in [0.1, 0.15) is 37.4 Å². The van der Waals surface area contributed by atoms with E-state index < -0.39 is 0 Å². The molecule has 0 radical (unpaired) electrons. The number of pyridine rings is 1. The van der Waals surface area contributed by atoms with Gasteiger partial charge in [-0.25, -0.2) is 4.39 Å². The van der Waals surface area contributed by atoms with Crippen molar-refractivity contribution >= 4 is 11.6 Å². The third kappa shape index (κ3) is 4.58. The Morgan fingerprint density at radius 1 is 1.14 bits per heavy atom. The lowest BCUT2D eigenvalue weighted by atomic mass is 9.83. The number of carbonyl (C=O) groups is 1. The van der Waals surface area contributed by atoms with E-state index in [1.165, 1.54) is 17.8 Å². The highest BCUT2D eigenvalue weighted by Crippen LogP contribution is 2.34. The van der Waals surface area contributed by atoms with Gasteiger partial charge in [0.25, 0.3) is 0 Å². The first-order chi connectivity index (χ1) is 14.1. The number of hydrogen-bond donors (Lipinski definition) is 1. The van der Waals surface area contributed by atoms with Crippen LogP contribution in [0.15, 0.2) is 42.6 Å². The summed E-state index contributed by atoms with van der Waals surface area (Å²) >= 11 is 0. The molecular weight excluding hydrogens is 367 g/mol. The summed E-state index contributed by atoms with van der Waals surface area (Å²) in [7, 11) is 0. The maximum atomic E-state index is 13.1. The number of anilines is 1. The van der Waals surface area contributed by atoms with Crippen molar-refractivity contribution in [2.75, 3.05) is 31.5 Å². The maximum Gasteiger partial charge on any atom is 0.224 e. The Bertz CT molecular complexity index is 846. The van der Waals surface area contributed by atoms with Gasteiger partial charge < -0.3 is 10.2 Å². The van der Waals surface area contributed by atoms with Crippen LogP contribution in [-0.2, 0) is 17.8 Å². The van der Waals surface area contributed by atoms with Gasteiger partial charge in [-0.1, -0.05) is 18.2 Å². The molecule has 5 nitrogen and oxygen atoms in total. The largest absolute Gasteiger partial charge is 0.379 e. The SMILES string of the molecule is CCN1CCc2ccccc2NC2(CCN(Cc3ccc(F)cn3)CC2)CC1=O. The highest BCUT2D eigenvalue weighted by atomic mass is 19.1. The lowest BCUT2D eigenvalue weighted by Crippen LogP contribution is -2.51. The fourth-order valence-corrected chi connectivity index (χ4v) is 4.48. The quantitative estimate of drug-likeness (QED) is 0.863. The fraction of sp³-hybridized carbons (Fsp3) is 0.478. The molecule has 29 heavy (non-hydrogen) atoms. The second-order valence-electron chi connectivity index (χ2n) is 8.21. The lowest BCUT2D eigenvalue weighted by molar-refractivity contribution is -0.132. The van der Waals surface area contributed by atoms with Crippen molar-refractivity contribution in [2.24, 2.45) is 0 Å². The molecule has 2 aromatic rings. The van der Waals surface area contributed by atoms with Crippen LogP contribution in [0.5, 0.6) is 0 Å². The fourth-order valence-electron chi connectivity index (χ4n) is 4.48. The average molecular weight is 397 g/mol. The van der Waals surface area contributed by atoms with E-state index in [4.69, 9.17) is 0 Å². The number of amides is 1. The van der Waals surface area contributed by atoms with Gasteiger partial charge in [0.15, 0.2) is 0 Å². The third-order valence-electron chi connectivity index (χ3n) is 6.28. The summed E-state index contributed by atoms with van der Waals surface area (Å²) in [4.78, 5) is 21.5. The number of benzene rings is 1. The summed E-state index contributed by atoms with van der Waals surface area (Å²) in [5.74, 6) is -0.0692. The molecule has 0 saturated carbocycles. The Labute approximate surface area is 171 Å². The standard InChI is InChI=1S/C23H29FN4O/c1-2-28-12-9-18-5-3-4-6-21(18)26-23(15-22(28)29)10-13-27(14-11-23)17-20-8-7-19(24)16-25-20/h3-8,16,26H,2,9-15,17H2,1H3. The second kappa shape index (κ2) is 8.49. The Hall–Kier alpha value is -2.47. The molecular formula is C23H29FN4O. The number of piperidine rings is 1. The van der Waals surface area contributed by atoms with Crippen molar-refractivity contribution in [3.63, 3.8) is 0 Å². The predicted molar refractivity (Wildman–Crippen MR) is 112 cm³/mol. The number of carbonyl (C=O) groups excluding carboxylic acids is 1. The van der Waals surface area contributed by atoms with Gasteiger partial charge in [0.05, 0.1) is 11.9 Å². The van der Waals surface area contributed by atoms with Crippen LogP contribution < -0.4 is 5.32 Å². The number of rotatable bonds is 3. The van der Waals surface area contributed by atoms with Crippen LogP contribution in [0.2, 0.25) is 0 Å². The van der Waals surface area contributed by atoms with Crippen molar-refractivity contribution in [3.05, 3.63) is 59.7 Å². The average Bonchev–Trinajstić information content (AvgIpc) is 2.78. The summed E-state index contributed by atoms with van der Waals surface area (Å²) in [5, 5.41) is 3.78. The van der Waals surface area contributed by atoms with Gasteiger partial charge in [-0.15, -0.1) is 0 Å². The number of nitrogens with one attached hydrogen (secondary N) is 1. The molecule has 0 atom stereocenters. The van der Waals surface area contributed by atoms with Crippen molar-refractivity contribution in [1.29, 1.82) is 0 Å². The van der Waals surface area contributed by atoms with Gasteiger partial charge in [-0.2, -0.15) is 0 Å². The molecule has 0 aliphatic carbocycles. The minimum absolute atomic E-state index is 0.225. The molecule has 0 bridgehead atoms. The summed E-state index contributed by atoms with van der Waals surface area (Å²) in [6.45, 7) is 6.05. The number of likely N-dealkylation sites (N-methyl/N-ethyl adjacent to an activating group) is 1. The van der Waals surface area contributed by atoms with Gasteiger partial charge in [-0.3, -0.25) is 14.7 Å². The topological polar surface area (TPSA) is 48.5 Å². The van der Waals surface area contributed by atoms with Crippen molar-refractivity contribution in [3.8, 4) is 0 Å². The van der Waals surface area contributed by atoms with Crippen molar-refractivity contribution in [1.82, 2.24) is 14.8 Å². The molecule has 1 amide bonds. The Morgan fingerprint density at radius 3 is 2.66 bits per heavy atom. The number of para-hydroxylation sites is 1. The number of halogens is 1. The minimum atomic E-state index is -0.307. The number of nitrogens with zero attached hydrogens (tertiary/aromatic N) is 3. The number of hydrogen-bond acceptors (Lipinski definition) is 4. The first kappa shape index (κ1) is 19.8. The molecule has 1 spiro atoms. The first-order valence-corrected chi connectivity index (χ1v) is 10.5. The van der Waals surface area contributed by atoms with Gasteiger partial charge in [0.1, 0.15) is 5.82 Å². The molecule has 1 fully saturated rings. The second-order valence-corrected chi connectivity index (χ2v) is 8.21. The number of aromatic nitrogens is 1. The molecule has 1 aromatic heterocycles. The van der Waals surface area contributed by atoms with E-state index in [0.29, 0.717) is 13.0 Å². The van der Waals surface area contributed by atoms with Crippen molar-refractivity contribution in [2.45, 2.75) is 44.7 Å². The van der Waals surface area contributed by atoms with Gasteiger partial charge in [0, 0.05) is 50.4 Å². The predicted octanol–water partition coefficient (Wildman–Crippen LogP) is 3.46. The van der Waals surface area contributed by atoms with E-state index in [0.717, 1.165) is 56.8 Å². The van der Waals surface area contributed by atoms with Crippen LogP contribution >= 0.6 is 0 Å². The molecule has 0 unspecified atom stereocenters. The van der Waals surface area contributed by atoms with Crippen LogP contribution in [0.4, 0.5) is 10.1 Å². The van der Waals surface area contributed by atoms with E-state index in [2.05, 4.69) is 46.4 Å². The molecule has 1 aromatic carbocycles. The third-order valence-corrected chi connectivity index (χ3v) is 6.28. The highest BCUT2D eigenvalue weighted by molar-refractivity contribution is 5.78. The van der Waals surface area contributed by atoms with Crippen molar-refractivity contribution < 1.29 is 9.18 Å². The Kier molecular flexibility index (Phi) is 5.81. The Balaban J connectivity index is 1.51. The molecule has 1 saturated heterocycles. The zero-order valence-corrected chi connectivity index (χ0v) is 17.0. The zero-order chi connectivity index (χ0) is 20.3. The molecule has 154 valence electrons. The van der Waals surface area contributed by atoms with E-state index in [1.54, 1.807) is 6.07 Å². The highest BCUT2D eigenvalue weighted by Gasteiger charge is 2.38. The number of likely N-dealkylation sites (tertiary alicyclic amines) is 1. The van der Waals surface area contributed by atoms with E-state index in [9.17, 15) is 9.18 Å². The smallest absolute Gasteiger partial charge is 0.224 e. The molecule has 1 N–H and O–H groups in total. The lowest BCUT2D eigenvalue weighted by Gasteiger charge is -2.43. The summed E-state index contributed by atoms with van der Waals surface area (Å²) in [6.07, 6.45) is 4.46. The van der Waals surface area contributed by atoms with Crippen LogP contribution in [0.3, 0.4) is 0 Å². The van der Waals surface area contributed by atoms with E-state index >= 15 is 0 Å². The zero-order valence-electron chi connectivity index (χ0n) is 17.0. The monoisotopic (exact) mass is 396 g/mol. The summed E-state index contributed by atoms with van der Waals surface area (Å²) < 4.78 is 13.1. The van der Waals surface area contributed by atoms with E-state index in [1.807, 2.05) is 4.90 Å². The Morgan fingerprint density at radius 2 is 1.93 bits per heavy atom. The molecule has 3 heterocycles. The maximum absolute atomic E-state index is 13.1. The number of fused-ring (bicyclic) bond motifs is 1.